The molecule has 0 amide bonds. The van der Waals surface area contributed by atoms with Crippen LogP contribution < -0.4 is 5.73 Å². The summed E-state index contributed by atoms with van der Waals surface area (Å²) in [5.74, 6) is 0.623. The largest absolute Gasteiger partial charge is 0.375 e. The highest BCUT2D eigenvalue weighted by Crippen LogP contribution is 2.36. The molecule has 0 spiro atoms. The molecule has 0 radical (unpaired) electrons. The first-order chi connectivity index (χ1) is 11.6. The Balaban J connectivity index is 1.71. The first kappa shape index (κ1) is 17.4. The number of nitrogen functional groups attached to an aromatic ring is 1. The molecular formula is C17H28N6S. The van der Waals surface area contributed by atoms with Gasteiger partial charge in [0.2, 0.25) is 0 Å². The third-order valence-corrected chi connectivity index (χ3v) is 5.69. The second-order valence-electron chi connectivity index (χ2n) is 6.78. The molecule has 2 atom stereocenters. The molecule has 6 nitrogen and oxygen atoms in total. The number of thiazole rings is 1. The van der Waals surface area contributed by atoms with Gasteiger partial charge in [-0.1, -0.05) is 6.92 Å². The van der Waals surface area contributed by atoms with Crippen molar-refractivity contribution in [2.75, 3.05) is 32.4 Å². The Morgan fingerprint density at radius 2 is 2.25 bits per heavy atom. The Hall–Kier alpha value is -1.44. The Morgan fingerprint density at radius 1 is 1.42 bits per heavy atom. The summed E-state index contributed by atoms with van der Waals surface area (Å²) in [5, 5.41) is 5.05. The maximum Gasteiger partial charge on any atom is 0.180 e. The van der Waals surface area contributed by atoms with E-state index in [4.69, 9.17) is 5.73 Å². The van der Waals surface area contributed by atoms with Crippen molar-refractivity contribution in [2.24, 2.45) is 13.0 Å². The molecule has 24 heavy (non-hydrogen) atoms. The first-order valence-corrected chi connectivity index (χ1v) is 9.49. The summed E-state index contributed by atoms with van der Waals surface area (Å²) in [7, 11) is 4.19. The van der Waals surface area contributed by atoms with E-state index in [0.29, 0.717) is 17.1 Å². The molecule has 0 aliphatic carbocycles. The van der Waals surface area contributed by atoms with Gasteiger partial charge in [0.25, 0.3) is 0 Å². The minimum atomic E-state index is 0.464. The van der Waals surface area contributed by atoms with E-state index in [9.17, 15) is 0 Å². The molecule has 1 aliphatic heterocycles. The van der Waals surface area contributed by atoms with Gasteiger partial charge in [-0.3, -0.25) is 9.58 Å². The lowest BCUT2D eigenvalue weighted by Gasteiger charge is -2.42. The predicted octanol–water partition coefficient (Wildman–Crippen LogP) is 2.36. The zero-order valence-corrected chi connectivity index (χ0v) is 15.7. The van der Waals surface area contributed by atoms with Gasteiger partial charge in [0.15, 0.2) is 5.13 Å². The minimum Gasteiger partial charge on any atom is -0.375 e. The average Bonchev–Trinajstić information content (AvgIpc) is 3.15. The SMILES string of the molecule is CCN1CCC[C@@H](CN(C)Cc2cnc(N)s2)[C@@H]1c1cnn(C)c1. The molecule has 132 valence electrons. The molecule has 0 aromatic carbocycles. The van der Waals surface area contributed by atoms with Gasteiger partial charge in [-0.05, 0) is 38.9 Å². The average molecular weight is 349 g/mol. The van der Waals surface area contributed by atoms with Gasteiger partial charge in [-0.25, -0.2) is 4.98 Å². The maximum absolute atomic E-state index is 5.75. The molecule has 3 heterocycles. The molecule has 1 aliphatic rings. The van der Waals surface area contributed by atoms with Crippen LogP contribution in [-0.2, 0) is 13.6 Å². The van der Waals surface area contributed by atoms with Crippen molar-refractivity contribution >= 4 is 16.5 Å². The van der Waals surface area contributed by atoms with Gasteiger partial charge < -0.3 is 10.6 Å². The summed E-state index contributed by atoms with van der Waals surface area (Å²) >= 11 is 1.58. The number of aromatic nitrogens is 3. The monoisotopic (exact) mass is 348 g/mol. The summed E-state index contributed by atoms with van der Waals surface area (Å²) in [4.78, 5) is 10.4. The Kier molecular flexibility index (Phi) is 5.53. The van der Waals surface area contributed by atoms with Crippen molar-refractivity contribution in [1.29, 1.82) is 0 Å². The molecule has 2 aromatic rings. The fraction of sp³-hybridized carbons (Fsp3) is 0.647. The standard InChI is InChI=1S/C17H28N6S/c1-4-23-7-5-6-13(16(23)14-8-20-22(3)11-14)10-21(2)12-15-9-19-17(18)24-15/h8-9,11,13,16H,4-7,10,12H2,1-3H3,(H2,18,19)/t13-,16+/m0/s1. The summed E-state index contributed by atoms with van der Waals surface area (Å²) < 4.78 is 1.92. The lowest BCUT2D eigenvalue weighted by Crippen LogP contribution is -2.42. The molecule has 3 rings (SSSR count). The summed E-state index contributed by atoms with van der Waals surface area (Å²) in [6.07, 6.45) is 8.65. The molecule has 0 saturated carbocycles. The highest BCUT2D eigenvalue weighted by molar-refractivity contribution is 7.15. The van der Waals surface area contributed by atoms with Crippen LogP contribution in [0, 0.1) is 5.92 Å². The third-order valence-electron chi connectivity index (χ3n) is 4.88. The van der Waals surface area contributed by atoms with E-state index in [-0.39, 0.29) is 0 Å². The second-order valence-corrected chi connectivity index (χ2v) is 7.93. The number of anilines is 1. The number of nitrogens with zero attached hydrogens (tertiary/aromatic N) is 5. The van der Waals surface area contributed by atoms with Crippen LogP contribution in [0.4, 0.5) is 5.13 Å². The van der Waals surface area contributed by atoms with Crippen LogP contribution in [0.15, 0.2) is 18.6 Å². The van der Waals surface area contributed by atoms with Crippen molar-refractivity contribution in [3.8, 4) is 0 Å². The van der Waals surface area contributed by atoms with E-state index in [1.54, 1.807) is 11.3 Å². The summed E-state index contributed by atoms with van der Waals surface area (Å²) in [6, 6.07) is 0.464. The third kappa shape index (κ3) is 3.96. The zero-order valence-electron chi connectivity index (χ0n) is 14.9. The fourth-order valence-electron chi connectivity index (χ4n) is 3.90. The summed E-state index contributed by atoms with van der Waals surface area (Å²) in [6.45, 7) is 6.52. The van der Waals surface area contributed by atoms with Crippen LogP contribution in [-0.4, -0.2) is 51.2 Å². The van der Waals surface area contributed by atoms with Crippen LogP contribution >= 0.6 is 11.3 Å². The molecule has 0 bridgehead atoms. The van der Waals surface area contributed by atoms with Gasteiger partial charge >= 0.3 is 0 Å². The van der Waals surface area contributed by atoms with Crippen LogP contribution in [0.5, 0.6) is 0 Å². The van der Waals surface area contributed by atoms with Crippen LogP contribution in [0.3, 0.4) is 0 Å². The number of piperidine rings is 1. The highest BCUT2D eigenvalue weighted by atomic mass is 32.1. The molecule has 1 fully saturated rings. The number of hydrogen-bond donors (Lipinski definition) is 1. The molecule has 0 unspecified atom stereocenters. The van der Waals surface area contributed by atoms with Crippen molar-refractivity contribution in [2.45, 2.75) is 32.4 Å². The van der Waals surface area contributed by atoms with Crippen molar-refractivity contribution in [3.05, 3.63) is 29.0 Å². The second kappa shape index (κ2) is 7.63. The molecule has 7 heteroatoms. The molecule has 2 N–H and O–H groups in total. The van der Waals surface area contributed by atoms with Crippen molar-refractivity contribution in [1.82, 2.24) is 24.6 Å². The first-order valence-electron chi connectivity index (χ1n) is 8.68. The fourth-order valence-corrected chi connectivity index (χ4v) is 4.66. The minimum absolute atomic E-state index is 0.464. The lowest BCUT2D eigenvalue weighted by molar-refractivity contribution is 0.0751. The predicted molar refractivity (Wildman–Crippen MR) is 98.8 cm³/mol. The van der Waals surface area contributed by atoms with Gasteiger partial charge in [0.05, 0.1) is 6.20 Å². The number of rotatable bonds is 6. The lowest BCUT2D eigenvalue weighted by atomic mass is 9.85. The van der Waals surface area contributed by atoms with Gasteiger partial charge in [-0.15, -0.1) is 11.3 Å². The van der Waals surface area contributed by atoms with Crippen LogP contribution in [0.1, 0.15) is 36.2 Å². The number of aryl methyl sites for hydroxylation is 1. The van der Waals surface area contributed by atoms with E-state index in [2.05, 4.69) is 40.1 Å². The van der Waals surface area contributed by atoms with Crippen molar-refractivity contribution < 1.29 is 0 Å². The molecular weight excluding hydrogens is 320 g/mol. The number of hydrogen-bond acceptors (Lipinski definition) is 6. The van der Waals surface area contributed by atoms with Crippen LogP contribution in [0.2, 0.25) is 0 Å². The van der Waals surface area contributed by atoms with E-state index in [1.165, 1.54) is 29.8 Å². The highest BCUT2D eigenvalue weighted by Gasteiger charge is 2.33. The zero-order chi connectivity index (χ0) is 17.1. The molecule has 1 saturated heterocycles. The Morgan fingerprint density at radius 3 is 2.88 bits per heavy atom. The number of nitrogens with two attached hydrogens (primary N) is 1. The van der Waals surface area contributed by atoms with E-state index >= 15 is 0 Å². The Bertz CT molecular complexity index is 651. The van der Waals surface area contributed by atoms with E-state index in [0.717, 1.165) is 19.6 Å². The summed E-state index contributed by atoms with van der Waals surface area (Å²) in [5.41, 5.74) is 7.09. The van der Waals surface area contributed by atoms with E-state index in [1.807, 2.05) is 24.1 Å². The normalized spacial score (nSPS) is 22.3. The van der Waals surface area contributed by atoms with E-state index < -0.39 is 0 Å². The maximum atomic E-state index is 5.75. The van der Waals surface area contributed by atoms with Gasteiger partial charge in [-0.2, -0.15) is 5.10 Å². The number of likely N-dealkylation sites (tertiary alicyclic amines) is 1. The quantitative estimate of drug-likeness (QED) is 0.868. The smallest absolute Gasteiger partial charge is 0.180 e. The van der Waals surface area contributed by atoms with Gasteiger partial charge in [0.1, 0.15) is 0 Å². The molecule has 2 aromatic heterocycles. The van der Waals surface area contributed by atoms with Crippen molar-refractivity contribution in [3.63, 3.8) is 0 Å². The topological polar surface area (TPSA) is 63.2 Å². The van der Waals surface area contributed by atoms with Gasteiger partial charge in [0, 0.05) is 49.0 Å². The Labute approximate surface area is 148 Å². The van der Waals surface area contributed by atoms with Crippen LogP contribution in [0.25, 0.3) is 0 Å².